The van der Waals surface area contributed by atoms with Crippen LogP contribution in [0.15, 0.2) is 42.9 Å². The molecule has 0 saturated heterocycles. The van der Waals surface area contributed by atoms with Gasteiger partial charge in [0.1, 0.15) is 6.04 Å². The van der Waals surface area contributed by atoms with Crippen LogP contribution >= 0.6 is 0 Å². The van der Waals surface area contributed by atoms with Crippen LogP contribution in [0.25, 0.3) is 0 Å². The van der Waals surface area contributed by atoms with Gasteiger partial charge in [-0.3, -0.25) is 4.79 Å². The van der Waals surface area contributed by atoms with Crippen LogP contribution in [-0.4, -0.2) is 33.0 Å². The van der Waals surface area contributed by atoms with Crippen molar-refractivity contribution in [2.75, 3.05) is 0 Å². The first-order valence-corrected chi connectivity index (χ1v) is 7.65. The number of aliphatic carboxylic acids is 1. The Balaban J connectivity index is 1.99. The van der Waals surface area contributed by atoms with Gasteiger partial charge in [-0.1, -0.05) is 37.3 Å². The molecule has 0 radical (unpaired) electrons. The first kappa shape index (κ1) is 16.7. The monoisotopic (exact) mass is 315 g/mol. The molecule has 0 fully saturated rings. The van der Waals surface area contributed by atoms with E-state index in [1.54, 1.807) is 6.20 Å². The summed E-state index contributed by atoms with van der Waals surface area (Å²) in [4.78, 5) is 30.6. The number of rotatable bonds is 8. The van der Waals surface area contributed by atoms with E-state index < -0.39 is 12.0 Å². The highest BCUT2D eigenvalue weighted by Gasteiger charge is 2.25. The summed E-state index contributed by atoms with van der Waals surface area (Å²) in [7, 11) is 0. The summed E-state index contributed by atoms with van der Waals surface area (Å²) >= 11 is 0. The normalized spacial score (nSPS) is 13.3. The number of nitrogens with one attached hydrogen (secondary N) is 2. The summed E-state index contributed by atoms with van der Waals surface area (Å²) in [6.07, 6.45) is 4.52. The van der Waals surface area contributed by atoms with Crippen LogP contribution in [0.4, 0.5) is 0 Å². The van der Waals surface area contributed by atoms with Crippen molar-refractivity contribution in [3.05, 3.63) is 54.1 Å². The molecular weight excluding hydrogens is 294 g/mol. The predicted molar refractivity (Wildman–Crippen MR) is 85.8 cm³/mol. The molecule has 3 N–H and O–H groups in total. The molecular formula is C17H21N3O3. The van der Waals surface area contributed by atoms with Gasteiger partial charge in [0.25, 0.3) is 0 Å². The molecule has 0 aliphatic heterocycles. The van der Waals surface area contributed by atoms with Crippen molar-refractivity contribution < 1.29 is 14.7 Å². The first-order chi connectivity index (χ1) is 11.1. The third-order valence-electron chi connectivity index (χ3n) is 3.77. The zero-order valence-electron chi connectivity index (χ0n) is 13.0. The minimum Gasteiger partial charge on any atom is -0.480 e. The van der Waals surface area contributed by atoms with Gasteiger partial charge in [-0.15, -0.1) is 0 Å². The van der Waals surface area contributed by atoms with Crippen LogP contribution in [0, 0.1) is 5.92 Å². The lowest BCUT2D eigenvalue weighted by Gasteiger charge is -2.19. The Labute approximate surface area is 135 Å². The molecule has 23 heavy (non-hydrogen) atoms. The topological polar surface area (TPSA) is 95.1 Å². The van der Waals surface area contributed by atoms with E-state index >= 15 is 0 Å². The second kappa shape index (κ2) is 8.12. The second-order valence-corrected chi connectivity index (χ2v) is 5.46. The Bertz CT molecular complexity index is 626. The summed E-state index contributed by atoms with van der Waals surface area (Å²) in [5.41, 5.74) is 1.67. The average Bonchev–Trinajstić information content (AvgIpc) is 3.05. The molecule has 1 unspecified atom stereocenters. The van der Waals surface area contributed by atoms with Crippen molar-refractivity contribution in [2.45, 2.75) is 32.2 Å². The van der Waals surface area contributed by atoms with Crippen molar-refractivity contribution in [3.63, 3.8) is 0 Å². The van der Waals surface area contributed by atoms with E-state index in [1.165, 1.54) is 6.33 Å². The SMILES string of the molecule is CCC(Cc1ccccc1)C(=O)N[C@@H](Cc1c[nH]cn1)C(=O)O. The Hall–Kier alpha value is -2.63. The molecule has 2 aromatic rings. The number of nitrogens with zero attached hydrogens (tertiary/aromatic N) is 1. The smallest absolute Gasteiger partial charge is 0.326 e. The average molecular weight is 315 g/mol. The van der Waals surface area contributed by atoms with Crippen LogP contribution in [0.2, 0.25) is 0 Å². The van der Waals surface area contributed by atoms with Gasteiger partial charge < -0.3 is 15.4 Å². The molecule has 2 atom stereocenters. The maximum atomic E-state index is 12.4. The standard InChI is InChI=1S/C17H21N3O3/c1-2-13(8-12-6-4-3-5-7-12)16(21)20-15(17(22)23)9-14-10-18-11-19-14/h3-7,10-11,13,15H,2,8-9H2,1H3,(H,18,19)(H,20,21)(H,22,23)/t13?,15-/m0/s1. The van der Waals surface area contributed by atoms with Crippen molar-refractivity contribution >= 4 is 11.9 Å². The van der Waals surface area contributed by atoms with E-state index in [1.807, 2.05) is 37.3 Å². The van der Waals surface area contributed by atoms with Crippen molar-refractivity contribution in [3.8, 4) is 0 Å². The van der Waals surface area contributed by atoms with E-state index in [2.05, 4.69) is 15.3 Å². The Morgan fingerprint density at radius 3 is 2.57 bits per heavy atom. The molecule has 6 heteroatoms. The molecule has 0 saturated carbocycles. The highest BCUT2D eigenvalue weighted by Crippen LogP contribution is 2.13. The van der Waals surface area contributed by atoms with Gasteiger partial charge in [-0.05, 0) is 18.4 Å². The summed E-state index contributed by atoms with van der Waals surface area (Å²) in [5, 5.41) is 11.9. The molecule has 1 heterocycles. The Morgan fingerprint density at radius 2 is 2.00 bits per heavy atom. The third kappa shape index (κ3) is 4.95. The molecule has 0 aliphatic rings. The number of carboxylic acids is 1. The predicted octanol–water partition coefficient (Wildman–Crippen LogP) is 1.79. The maximum absolute atomic E-state index is 12.4. The van der Waals surface area contributed by atoms with Crippen molar-refractivity contribution in [1.82, 2.24) is 15.3 Å². The van der Waals surface area contributed by atoms with Crippen molar-refractivity contribution in [1.29, 1.82) is 0 Å². The van der Waals surface area contributed by atoms with Gasteiger partial charge in [-0.25, -0.2) is 9.78 Å². The van der Waals surface area contributed by atoms with Gasteiger partial charge >= 0.3 is 5.97 Å². The lowest BCUT2D eigenvalue weighted by Crippen LogP contribution is -2.45. The number of aromatic nitrogens is 2. The summed E-state index contributed by atoms with van der Waals surface area (Å²) in [6, 6.07) is 8.74. The Kier molecular flexibility index (Phi) is 5.91. The number of carbonyl (C=O) groups is 2. The number of hydrogen-bond acceptors (Lipinski definition) is 3. The zero-order chi connectivity index (χ0) is 16.7. The fourth-order valence-electron chi connectivity index (χ4n) is 2.42. The number of H-pyrrole nitrogens is 1. The van der Waals surface area contributed by atoms with Crippen molar-refractivity contribution in [2.24, 2.45) is 5.92 Å². The molecule has 1 amide bonds. The minimum absolute atomic E-state index is 0.159. The fraction of sp³-hybridized carbons (Fsp3) is 0.353. The van der Waals surface area contributed by atoms with Crippen LogP contribution in [0.5, 0.6) is 0 Å². The largest absolute Gasteiger partial charge is 0.480 e. The molecule has 122 valence electrons. The third-order valence-corrected chi connectivity index (χ3v) is 3.77. The lowest BCUT2D eigenvalue weighted by molar-refractivity contribution is -0.142. The quantitative estimate of drug-likeness (QED) is 0.692. The molecule has 0 aliphatic carbocycles. The van der Waals surface area contributed by atoms with Crippen LogP contribution < -0.4 is 5.32 Å². The van der Waals surface area contributed by atoms with Gasteiger partial charge in [0, 0.05) is 18.5 Å². The molecule has 1 aromatic heterocycles. The number of aromatic amines is 1. The van der Waals surface area contributed by atoms with Crippen LogP contribution in [0.1, 0.15) is 24.6 Å². The molecule has 1 aromatic carbocycles. The van der Waals surface area contributed by atoms with Gasteiger partial charge in [-0.2, -0.15) is 0 Å². The summed E-state index contributed by atoms with van der Waals surface area (Å²) in [6.45, 7) is 1.93. The molecule has 0 spiro atoms. The van der Waals surface area contributed by atoms with Crippen LogP contribution in [-0.2, 0) is 22.4 Å². The summed E-state index contributed by atoms with van der Waals surface area (Å²) < 4.78 is 0. The van der Waals surface area contributed by atoms with E-state index in [9.17, 15) is 14.7 Å². The second-order valence-electron chi connectivity index (χ2n) is 5.46. The Morgan fingerprint density at radius 1 is 1.26 bits per heavy atom. The zero-order valence-corrected chi connectivity index (χ0v) is 13.0. The first-order valence-electron chi connectivity index (χ1n) is 7.65. The molecule has 2 rings (SSSR count). The number of carbonyl (C=O) groups excluding carboxylic acids is 1. The lowest BCUT2D eigenvalue weighted by atomic mass is 9.95. The highest BCUT2D eigenvalue weighted by atomic mass is 16.4. The number of carboxylic acid groups (broad SMARTS) is 1. The highest BCUT2D eigenvalue weighted by molar-refractivity contribution is 5.85. The minimum atomic E-state index is -1.06. The number of imidazole rings is 1. The number of hydrogen-bond donors (Lipinski definition) is 3. The van der Waals surface area contributed by atoms with E-state index in [-0.39, 0.29) is 18.2 Å². The van der Waals surface area contributed by atoms with E-state index in [4.69, 9.17) is 0 Å². The van der Waals surface area contributed by atoms with E-state index in [0.29, 0.717) is 18.5 Å². The van der Waals surface area contributed by atoms with Crippen LogP contribution in [0.3, 0.4) is 0 Å². The fourth-order valence-corrected chi connectivity index (χ4v) is 2.42. The number of amides is 1. The summed E-state index contributed by atoms with van der Waals surface area (Å²) in [5.74, 6) is -1.55. The molecule has 6 nitrogen and oxygen atoms in total. The number of benzene rings is 1. The van der Waals surface area contributed by atoms with Gasteiger partial charge in [0.05, 0.1) is 12.0 Å². The maximum Gasteiger partial charge on any atom is 0.326 e. The van der Waals surface area contributed by atoms with Gasteiger partial charge in [0.15, 0.2) is 0 Å². The molecule has 0 bridgehead atoms. The van der Waals surface area contributed by atoms with E-state index in [0.717, 1.165) is 5.56 Å². The van der Waals surface area contributed by atoms with Gasteiger partial charge in [0.2, 0.25) is 5.91 Å².